The summed E-state index contributed by atoms with van der Waals surface area (Å²) in [5.41, 5.74) is 1.45. The van der Waals surface area contributed by atoms with E-state index in [1.165, 1.54) is 49.3 Å². The zero-order valence-corrected chi connectivity index (χ0v) is 12.2. The predicted octanol–water partition coefficient (Wildman–Crippen LogP) is 3.74. The summed E-state index contributed by atoms with van der Waals surface area (Å²) < 4.78 is 0. The second-order valence-electron chi connectivity index (χ2n) is 5.26. The first-order valence-corrected chi connectivity index (χ1v) is 8.39. The van der Waals surface area contributed by atoms with Gasteiger partial charge in [0.2, 0.25) is 0 Å². The van der Waals surface area contributed by atoms with Crippen molar-refractivity contribution in [3.05, 3.63) is 35.9 Å². The molecule has 0 bridgehead atoms. The van der Waals surface area contributed by atoms with Gasteiger partial charge in [-0.1, -0.05) is 37.3 Å². The maximum atomic E-state index is 3.78. The van der Waals surface area contributed by atoms with Crippen molar-refractivity contribution >= 4 is 11.8 Å². The maximum absolute atomic E-state index is 3.78. The Balaban J connectivity index is 1.75. The van der Waals surface area contributed by atoms with Crippen LogP contribution >= 0.6 is 11.8 Å². The van der Waals surface area contributed by atoms with E-state index in [1.807, 2.05) is 0 Å². The van der Waals surface area contributed by atoms with Crippen molar-refractivity contribution in [1.82, 2.24) is 5.32 Å². The number of hydrogen-bond donors (Lipinski definition) is 1. The molecule has 1 atom stereocenters. The first kappa shape index (κ1) is 14.0. The van der Waals surface area contributed by atoms with Crippen LogP contribution in [0.15, 0.2) is 30.3 Å². The number of thioether (sulfide) groups is 1. The van der Waals surface area contributed by atoms with Crippen molar-refractivity contribution in [1.29, 1.82) is 0 Å². The lowest BCUT2D eigenvalue weighted by Crippen LogP contribution is -2.35. The zero-order valence-electron chi connectivity index (χ0n) is 11.4. The molecule has 0 saturated carbocycles. The van der Waals surface area contributed by atoms with Crippen LogP contribution in [0, 0.1) is 5.92 Å². The molecule has 1 aliphatic rings. The fourth-order valence-corrected chi connectivity index (χ4v) is 3.75. The highest BCUT2D eigenvalue weighted by atomic mass is 32.2. The highest BCUT2D eigenvalue weighted by Gasteiger charge is 2.15. The van der Waals surface area contributed by atoms with E-state index in [-0.39, 0.29) is 0 Å². The molecule has 2 rings (SSSR count). The van der Waals surface area contributed by atoms with Gasteiger partial charge in [-0.3, -0.25) is 0 Å². The quantitative estimate of drug-likeness (QED) is 0.839. The Morgan fingerprint density at radius 3 is 2.61 bits per heavy atom. The van der Waals surface area contributed by atoms with Crippen LogP contribution in [0.1, 0.15) is 31.7 Å². The first-order chi connectivity index (χ1) is 8.88. The van der Waals surface area contributed by atoms with E-state index in [4.69, 9.17) is 0 Å². The van der Waals surface area contributed by atoms with Crippen LogP contribution in [0.5, 0.6) is 0 Å². The summed E-state index contributed by atoms with van der Waals surface area (Å²) in [6.07, 6.45) is 5.19. The van der Waals surface area contributed by atoms with Gasteiger partial charge in [-0.15, -0.1) is 0 Å². The molecule has 1 aromatic carbocycles. The molecule has 0 aromatic heterocycles. The molecule has 1 unspecified atom stereocenters. The average molecular weight is 263 g/mol. The minimum atomic E-state index is 0.641. The van der Waals surface area contributed by atoms with E-state index in [9.17, 15) is 0 Å². The van der Waals surface area contributed by atoms with Gasteiger partial charge in [-0.05, 0) is 55.2 Å². The Morgan fingerprint density at radius 1 is 1.22 bits per heavy atom. The third kappa shape index (κ3) is 4.66. The molecule has 0 aliphatic carbocycles. The van der Waals surface area contributed by atoms with Gasteiger partial charge in [0.15, 0.2) is 0 Å². The monoisotopic (exact) mass is 263 g/mol. The van der Waals surface area contributed by atoms with Crippen LogP contribution in [0.2, 0.25) is 0 Å². The molecular weight excluding hydrogens is 238 g/mol. The van der Waals surface area contributed by atoms with Crippen molar-refractivity contribution in [2.45, 2.75) is 38.6 Å². The van der Waals surface area contributed by atoms with Gasteiger partial charge < -0.3 is 5.32 Å². The van der Waals surface area contributed by atoms with Gasteiger partial charge >= 0.3 is 0 Å². The summed E-state index contributed by atoms with van der Waals surface area (Å²) in [6.45, 7) is 3.50. The minimum Gasteiger partial charge on any atom is -0.313 e. The van der Waals surface area contributed by atoms with Crippen molar-refractivity contribution in [3.63, 3.8) is 0 Å². The molecule has 18 heavy (non-hydrogen) atoms. The fourth-order valence-electron chi connectivity index (χ4n) is 2.54. The highest BCUT2D eigenvalue weighted by Crippen LogP contribution is 2.22. The van der Waals surface area contributed by atoms with Crippen LogP contribution in [0.4, 0.5) is 0 Å². The van der Waals surface area contributed by atoms with E-state index < -0.39 is 0 Å². The molecule has 0 amide bonds. The molecule has 1 nitrogen and oxygen atoms in total. The summed E-state index contributed by atoms with van der Waals surface area (Å²) in [4.78, 5) is 0. The number of rotatable bonds is 6. The van der Waals surface area contributed by atoms with Gasteiger partial charge in [0.05, 0.1) is 0 Å². The van der Waals surface area contributed by atoms with Crippen molar-refractivity contribution < 1.29 is 0 Å². The number of hydrogen-bond acceptors (Lipinski definition) is 2. The molecule has 1 heterocycles. The maximum Gasteiger partial charge on any atom is 0.0105 e. The molecule has 1 aliphatic heterocycles. The molecule has 0 spiro atoms. The van der Waals surface area contributed by atoms with Crippen molar-refractivity contribution in [3.8, 4) is 0 Å². The average Bonchev–Trinajstić information content (AvgIpc) is 2.45. The molecular formula is C16H25NS. The molecule has 1 N–H and O–H groups in total. The van der Waals surface area contributed by atoms with Gasteiger partial charge in [0.25, 0.3) is 0 Å². The largest absolute Gasteiger partial charge is 0.313 e. The first-order valence-electron chi connectivity index (χ1n) is 7.23. The second-order valence-corrected chi connectivity index (χ2v) is 6.48. The fraction of sp³-hybridized carbons (Fsp3) is 0.625. The van der Waals surface area contributed by atoms with E-state index in [1.54, 1.807) is 0 Å². The highest BCUT2D eigenvalue weighted by molar-refractivity contribution is 7.99. The second kappa shape index (κ2) is 7.85. The van der Waals surface area contributed by atoms with Crippen molar-refractivity contribution in [2.24, 2.45) is 5.92 Å². The Morgan fingerprint density at radius 2 is 1.94 bits per heavy atom. The lowest BCUT2D eigenvalue weighted by Gasteiger charge is -2.25. The molecule has 0 radical (unpaired) electrons. The van der Waals surface area contributed by atoms with Crippen LogP contribution in [-0.4, -0.2) is 24.1 Å². The molecule has 1 fully saturated rings. The normalized spacial score (nSPS) is 18.7. The standard InChI is InChI=1S/C16H25NS/c1-2-16(12-14-6-4-3-5-7-14)17-13-15-8-10-18-11-9-15/h3-7,15-17H,2,8-13H2,1H3. The van der Waals surface area contributed by atoms with Crippen LogP contribution in [-0.2, 0) is 6.42 Å². The molecule has 100 valence electrons. The van der Waals surface area contributed by atoms with Gasteiger partial charge in [-0.2, -0.15) is 11.8 Å². The van der Waals surface area contributed by atoms with E-state index in [2.05, 4.69) is 54.3 Å². The predicted molar refractivity (Wildman–Crippen MR) is 82.3 cm³/mol. The molecule has 1 saturated heterocycles. The van der Waals surface area contributed by atoms with Crippen LogP contribution in [0.25, 0.3) is 0 Å². The number of nitrogens with one attached hydrogen (secondary N) is 1. The van der Waals surface area contributed by atoms with Crippen LogP contribution in [0.3, 0.4) is 0 Å². The Bertz CT molecular complexity index is 319. The molecule has 1 aromatic rings. The minimum absolute atomic E-state index is 0.641. The lowest BCUT2D eigenvalue weighted by atomic mass is 10.00. The van der Waals surface area contributed by atoms with E-state index in [0.29, 0.717) is 6.04 Å². The SMILES string of the molecule is CCC(Cc1ccccc1)NCC1CCSCC1. The third-order valence-electron chi connectivity index (χ3n) is 3.85. The molecule has 2 heteroatoms. The topological polar surface area (TPSA) is 12.0 Å². The Hall–Kier alpha value is -0.470. The van der Waals surface area contributed by atoms with Gasteiger partial charge in [0.1, 0.15) is 0 Å². The lowest BCUT2D eigenvalue weighted by molar-refractivity contribution is 0.398. The Labute approximate surface area is 116 Å². The zero-order chi connectivity index (χ0) is 12.6. The van der Waals surface area contributed by atoms with E-state index in [0.717, 1.165) is 5.92 Å². The van der Waals surface area contributed by atoms with Crippen LogP contribution < -0.4 is 5.32 Å². The smallest absolute Gasteiger partial charge is 0.0105 e. The van der Waals surface area contributed by atoms with E-state index >= 15 is 0 Å². The van der Waals surface area contributed by atoms with Gasteiger partial charge in [0, 0.05) is 6.04 Å². The summed E-state index contributed by atoms with van der Waals surface area (Å²) in [5.74, 6) is 3.64. The number of benzene rings is 1. The summed E-state index contributed by atoms with van der Waals surface area (Å²) in [6, 6.07) is 11.5. The third-order valence-corrected chi connectivity index (χ3v) is 4.90. The van der Waals surface area contributed by atoms with Crippen molar-refractivity contribution in [2.75, 3.05) is 18.1 Å². The summed E-state index contributed by atoms with van der Waals surface area (Å²) in [7, 11) is 0. The Kier molecular flexibility index (Phi) is 6.09. The summed E-state index contributed by atoms with van der Waals surface area (Å²) >= 11 is 2.11. The van der Waals surface area contributed by atoms with Gasteiger partial charge in [-0.25, -0.2) is 0 Å². The summed E-state index contributed by atoms with van der Waals surface area (Å²) in [5, 5.41) is 3.78.